The maximum Gasteiger partial charge on any atom is 0.414 e. The third-order valence-electron chi connectivity index (χ3n) is 6.74. The quantitative estimate of drug-likeness (QED) is 0.156. The summed E-state index contributed by atoms with van der Waals surface area (Å²) in [6, 6.07) is 11.0. The molecule has 0 fully saturated rings. The van der Waals surface area contributed by atoms with Gasteiger partial charge in [0.15, 0.2) is 8.32 Å². The summed E-state index contributed by atoms with van der Waals surface area (Å²) in [6.45, 7) is 21.9. The number of anilines is 2. The summed E-state index contributed by atoms with van der Waals surface area (Å²) in [7, 11) is -0.659. The molecule has 0 unspecified atom stereocenters. The standard InChI is InChI=1S/C31H47N3O8Si/c1-29(2,3)41-27(35)32(10)26-21-24(16-17-25(26)34(37)38)40-23-15-13-14-22(20-23)33(28(36)42-30(4,5)6)18-19-39-43(11,12)31(7,8)9/h13-17,20-21H,18-19H2,1-12H3. The van der Waals surface area contributed by atoms with E-state index in [1.165, 1.54) is 30.1 Å². The van der Waals surface area contributed by atoms with Crippen LogP contribution in [0.5, 0.6) is 11.5 Å². The number of nitro benzene ring substituents is 1. The van der Waals surface area contributed by atoms with Crippen LogP contribution in [0.25, 0.3) is 0 Å². The second-order valence-electron chi connectivity index (χ2n) is 13.8. The maximum atomic E-state index is 13.3. The maximum absolute atomic E-state index is 13.3. The predicted octanol–water partition coefficient (Wildman–Crippen LogP) is 8.52. The molecule has 2 aromatic rings. The number of rotatable bonds is 9. The van der Waals surface area contributed by atoms with Crippen LogP contribution in [0.1, 0.15) is 62.3 Å². The van der Waals surface area contributed by atoms with Gasteiger partial charge in [-0.05, 0) is 77.9 Å². The Morgan fingerprint density at radius 1 is 0.860 bits per heavy atom. The van der Waals surface area contributed by atoms with Crippen LogP contribution < -0.4 is 14.5 Å². The Labute approximate surface area is 256 Å². The van der Waals surface area contributed by atoms with E-state index in [0.717, 1.165) is 4.90 Å². The van der Waals surface area contributed by atoms with Gasteiger partial charge >= 0.3 is 12.2 Å². The Morgan fingerprint density at radius 2 is 1.42 bits per heavy atom. The minimum Gasteiger partial charge on any atom is -0.457 e. The molecule has 0 radical (unpaired) electrons. The number of carbonyl (C=O) groups excluding carboxylic acids is 2. The molecule has 2 amide bonds. The van der Waals surface area contributed by atoms with Crippen molar-refractivity contribution in [3.8, 4) is 11.5 Å². The molecule has 0 spiro atoms. The zero-order chi connectivity index (χ0) is 33.0. The highest BCUT2D eigenvalue weighted by Gasteiger charge is 2.37. The van der Waals surface area contributed by atoms with Crippen molar-refractivity contribution in [1.82, 2.24) is 0 Å². The molecule has 0 aliphatic carbocycles. The van der Waals surface area contributed by atoms with Crippen LogP contribution in [-0.4, -0.2) is 56.8 Å². The Bertz CT molecular complexity index is 1310. The van der Waals surface area contributed by atoms with Gasteiger partial charge in [-0.1, -0.05) is 26.8 Å². The van der Waals surface area contributed by atoms with Gasteiger partial charge in [-0.25, -0.2) is 9.59 Å². The fraction of sp³-hybridized carbons (Fsp3) is 0.548. The summed E-state index contributed by atoms with van der Waals surface area (Å²) in [4.78, 5) is 39.7. The number of hydrogen-bond acceptors (Lipinski definition) is 8. The van der Waals surface area contributed by atoms with Gasteiger partial charge in [-0.15, -0.1) is 0 Å². The minimum absolute atomic E-state index is 0.00562. The Hall–Kier alpha value is -3.64. The number of nitrogens with zero attached hydrogens (tertiary/aromatic N) is 3. The van der Waals surface area contributed by atoms with E-state index in [4.69, 9.17) is 18.6 Å². The fourth-order valence-corrected chi connectivity index (χ4v) is 4.56. The molecular formula is C31H47N3O8Si. The van der Waals surface area contributed by atoms with Gasteiger partial charge in [-0.3, -0.25) is 19.9 Å². The molecule has 0 saturated heterocycles. The van der Waals surface area contributed by atoms with Crippen molar-refractivity contribution in [3.63, 3.8) is 0 Å². The van der Waals surface area contributed by atoms with Gasteiger partial charge in [0.1, 0.15) is 28.4 Å². The number of nitro groups is 1. The lowest BCUT2D eigenvalue weighted by Crippen LogP contribution is -2.44. The van der Waals surface area contributed by atoms with Crippen molar-refractivity contribution in [2.45, 2.75) is 91.6 Å². The molecule has 0 heterocycles. The Balaban J connectivity index is 2.39. The lowest BCUT2D eigenvalue weighted by molar-refractivity contribution is -0.384. The summed E-state index contributed by atoms with van der Waals surface area (Å²) >= 11 is 0. The van der Waals surface area contributed by atoms with Crippen molar-refractivity contribution in [2.24, 2.45) is 0 Å². The van der Waals surface area contributed by atoms with Gasteiger partial charge in [0.2, 0.25) is 0 Å². The summed E-state index contributed by atoms with van der Waals surface area (Å²) in [5, 5.41) is 11.7. The molecule has 2 aromatic carbocycles. The minimum atomic E-state index is -2.05. The van der Waals surface area contributed by atoms with E-state index in [2.05, 4.69) is 33.9 Å². The molecule has 2 rings (SSSR count). The molecule has 0 aliphatic heterocycles. The van der Waals surface area contributed by atoms with Gasteiger partial charge in [0.25, 0.3) is 5.69 Å². The zero-order valence-electron chi connectivity index (χ0n) is 27.6. The first kappa shape index (κ1) is 35.6. The third kappa shape index (κ3) is 10.5. The highest BCUT2D eigenvalue weighted by Crippen LogP contribution is 2.37. The average molecular weight is 618 g/mol. The lowest BCUT2D eigenvalue weighted by atomic mass is 10.2. The average Bonchev–Trinajstić information content (AvgIpc) is 2.83. The molecule has 0 atom stereocenters. The molecule has 12 heteroatoms. The summed E-state index contributed by atoms with van der Waals surface area (Å²) in [5.41, 5.74) is -1.25. The Morgan fingerprint density at radius 3 is 1.95 bits per heavy atom. The molecule has 0 aliphatic rings. The topological polar surface area (TPSA) is 121 Å². The van der Waals surface area contributed by atoms with Gasteiger partial charge in [0.05, 0.1) is 23.8 Å². The number of ether oxygens (including phenoxy) is 3. The van der Waals surface area contributed by atoms with Crippen LogP contribution in [-0.2, 0) is 13.9 Å². The molecule has 43 heavy (non-hydrogen) atoms. The van der Waals surface area contributed by atoms with E-state index in [9.17, 15) is 19.7 Å². The number of benzene rings is 2. The second kappa shape index (κ2) is 13.3. The van der Waals surface area contributed by atoms with E-state index < -0.39 is 36.6 Å². The van der Waals surface area contributed by atoms with Crippen LogP contribution in [0.3, 0.4) is 0 Å². The van der Waals surface area contributed by atoms with Crippen molar-refractivity contribution in [1.29, 1.82) is 0 Å². The molecular weight excluding hydrogens is 570 g/mol. The third-order valence-corrected chi connectivity index (χ3v) is 11.3. The summed E-state index contributed by atoms with van der Waals surface area (Å²) in [5.74, 6) is 0.620. The van der Waals surface area contributed by atoms with Crippen molar-refractivity contribution in [3.05, 3.63) is 52.6 Å². The normalized spacial score (nSPS) is 12.4. The van der Waals surface area contributed by atoms with Crippen molar-refractivity contribution < 1.29 is 33.1 Å². The first-order valence-corrected chi connectivity index (χ1v) is 17.1. The highest BCUT2D eigenvalue weighted by molar-refractivity contribution is 6.74. The van der Waals surface area contributed by atoms with E-state index in [1.807, 2.05) is 0 Å². The van der Waals surface area contributed by atoms with Gasteiger partial charge in [-0.2, -0.15) is 0 Å². The monoisotopic (exact) mass is 617 g/mol. The smallest absolute Gasteiger partial charge is 0.414 e. The predicted molar refractivity (Wildman–Crippen MR) is 171 cm³/mol. The van der Waals surface area contributed by atoms with Crippen LogP contribution in [0, 0.1) is 10.1 Å². The summed E-state index contributed by atoms with van der Waals surface area (Å²) in [6.07, 6.45) is -1.28. The zero-order valence-corrected chi connectivity index (χ0v) is 28.6. The Kier molecular flexibility index (Phi) is 11.0. The molecule has 0 saturated carbocycles. The van der Waals surface area contributed by atoms with Gasteiger partial charge < -0.3 is 18.6 Å². The number of carbonyl (C=O) groups is 2. The molecule has 11 nitrogen and oxygen atoms in total. The van der Waals surface area contributed by atoms with Crippen molar-refractivity contribution in [2.75, 3.05) is 30.0 Å². The molecule has 238 valence electrons. The first-order chi connectivity index (χ1) is 19.5. The highest BCUT2D eigenvalue weighted by atomic mass is 28.4. The lowest BCUT2D eigenvalue weighted by Gasteiger charge is -2.37. The van der Waals surface area contributed by atoms with Crippen LogP contribution in [0.15, 0.2) is 42.5 Å². The number of amides is 2. The van der Waals surface area contributed by atoms with Crippen molar-refractivity contribution >= 4 is 37.6 Å². The van der Waals surface area contributed by atoms with E-state index >= 15 is 0 Å². The van der Waals surface area contributed by atoms with Gasteiger partial charge in [0, 0.05) is 25.2 Å². The molecule has 0 bridgehead atoms. The van der Waals surface area contributed by atoms with E-state index in [0.29, 0.717) is 18.0 Å². The van der Waals surface area contributed by atoms with E-state index in [-0.39, 0.29) is 28.7 Å². The molecule has 0 aromatic heterocycles. The van der Waals surface area contributed by atoms with Crippen LogP contribution in [0.4, 0.5) is 26.7 Å². The second-order valence-corrected chi connectivity index (χ2v) is 18.6. The van der Waals surface area contributed by atoms with E-state index in [1.54, 1.807) is 65.8 Å². The molecule has 0 N–H and O–H groups in total. The summed E-state index contributed by atoms with van der Waals surface area (Å²) < 4.78 is 23.5. The fourth-order valence-electron chi connectivity index (χ4n) is 3.52. The number of hydrogen-bond donors (Lipinski definition) is 0. The van der Waals surface area contributed by atoms with Crippen LogP contribution >= 0.6 is 0 Å². The van der Waals surface area contributed by atoms with Crippen LogP contribution in [0.2, 0.25) is 18.1 Å². The SMILES string of the molecule is CN(C(=O)OC(C)(C)C)c1cc(Oc2cccc(N(CCO[Si](C)(C)C(C)(C)C)C(=O)OC(C)(C)C)c2)ccc1[N+](=O)[O-]. The first-order valence-electron chi connectivity index (χ1n) is 14.2. The largest absolute Gasteiger partial charge is 0.457 e.